The molecule has 1 N–H and O–H groups in total. The summed E-state index contributed by atoms with van der Waals surface area (Å²) in [6.45, 7) is 6.09. The Hall–Kier alpha value is -1.84. The van der Waals surface area contributed by atoms with E-state index in [-0.39, 0.29) is 0 Å². The van der Waals surface area contributed by atoms with Gasteiger partial charge < -0.3 is 9.88 Å². The number of aromatic nitrogens is 3. The number of nitrogens with zero attached hydrogens (tertiary/aromatic N) is 3. The predicted octanol–water partition coefficient (Wildman–Crippen LogP) is 2.65. The van der Waals surface area contributed by atoms with Crippen molar-refractivity contribution < 1.29 is 0 Å². The summed E-state index contributed by atoms with van der Waals surface area (Å²) in [5.74, 6) is 0.971. The van der Waals surface area contributed by atoms with Crippen LogP contribution in [0.3, 0.4) is 0 Å². The van der Waals surface area contributed by atoms with Crippen LogP contribution in [0.2, 0.25) is 0 Å². The van der Waals surface area contributed by atoms with E-state index < -0.39 is 0 Å². The maximum atomic E-state index is 4.50. The average molecular weight is 244 g/mol. The van der Waals surface area contributed by atoms with E-state index in [2.05, 4.69) is 39.0 Å². The average Bonchev–Trinajstić information content (AvgIpc) is 2.72. The third-order valence-electron chi connectivity index (χ3n) is 2.78. The zero-order chi connectivity index (χ0) is 12.8. The third-order valence-corrected chi connectivity index (χ3v) is 2.78. The van der Waals surface area contributed by atoms with Gasteiger partial charge >= 0.3 is 0 Å². The lowest BCUT2D eigenvalue weighted by molar-refractivity contribution is 0.681. The quantitative estimate of drug-likeness (QED) is 0.849. The van der Waals surface area contributed by atoms with E-state index in [0.29, 0.717) is 0 Å². The van der Waals surface area contributed by atoms with Gasteiger partial charge in [-0.25, -0.2) is 4.98 Å². The fourth-order valence-corrected chi connectivity index (χ4v) is 1.96. The second-order valence-corrected chi connectivity index (χ2v) is 4.44. The molecule has 96 valence electrons. The van der Waals surface area contributed by atoms with Gasteiger partial charge in [0.1, 0.15) is 0 Å². The van der Waals surface area contributed by atoms with Crippen LogP contribution in [0.1, 0.15) is 24.6 Å². The molecule has 0 bridgehead atoms. The summed E-state index contributed by atoms with van der Waals surface area (Å²) in [6, 6.07) is 4.07. The van der Waals surface area contributed by atoms with Crippen molar-refractivity contribution in [2.24, 2.45) is 0 Å². The van der Waals surface area contributed by atoms with Crippen LogP contribution in [0.25, 0.3) is 0 Å². The maximum absolute atomic E-state index is 4.50. The molecule has 18 heavy (non-hydrogen) atoms. The van der Waals surface area contributed by atoms with E-state index in [9.17, 15) is 0 Å². The first-order valence-electron chi connectivity index (χ1n) is 6.46. The fraction of sp³-hybridized carbons (Fsp3) is 0.429. The Morgan fingerprint density at radius 1 is 1.39 bits per heavy atom. The van der Waals surface area contributed by atoms with Crippen LogP contribution in [0.15, 0.2) is 30.7 Å². The Bertz CT molecular complexity index is 476. The lowest BCUT2D eigenvalue weighted by Gasteiger charge is -2.08. The fourth-order valence-electron chi connectivity index (χ4n) is 1.96. The highest BCUT2D eigenvalue weighted by atomic mass is 15.2. The van der Waals surface area contributed by atoms with Gasteiger partial charge in [-0.2, -0.15) is 0 Å². The Morgan fingerprint density at radius 2 is 2.28 bits per heavy atom. The van der Waals surface area contributed by atoms with Crippen LogP contribution in [-0.2, 0) is 13.0 Å². The van der Waals surface area contributed by atoms with Crippen molar-refractivity contribution in [3.8, 4) is 0 Å². The number of hydrogen-bond donors (Lipinski definition) is 1. The summed E-state index contributed by atoms with van der Waals surface area (Å²) >= 11 is 0. The number of nitrogens with one attached hydrogen (secondary N) is 1. The van der Waals surface area contributed by atoms with Crippen LogP contribution < -0.4 is 5.32 Å². The Labute approximate surface area is 108 Å². The van der Waals surface area contributed by atoms with Gasteiger partial charge in [0.25, 0.3) is 0 Å². The summed E-state index contributed by atoms with van der Waals surface area (Å²) in [4.78, 5) is 8.61. The lowest BCUT2D eigenvalue weighted by Crippen LogP contribution is -2.10. The van der Waals surface area contributed by atoms with Gasteiger partial charge in [0.05, 0.1) is 5.69 Å². The highest BCUT2D eigenvalue weighted by Gasteiger charge is 2.03. The topological polar surface area (TPSA) is 42.7 Å². The van der Waals surface area contributed by atoms with Crippen molar-refractivity contribution in [2.75, 3.05) is 11.9 Å². The van der Waals surface area contributed by atoms with E-state index >= 15 is 0 Å². The summed E-state index contributed by atoms with van der Waals surface area (Å²) in [5.41, 5.74) is 2.31. The van der Waals surface area contributed by atoms with Gasteiger partial charge in [-0.1, -0.05) is 13.0 Å². The van der Waals surface area contributed by atoms with Crippen molar-refractivity contribution in [1.29, 1.82) is 0 Å². The zero-order valence-electron chi connectivity index (χ0n) is 11.1. The van der Waals surface area contributed by atoms with Gasteiger partial charge in [-0.05, 0) is 31.4 Å². The second-order valence-electron chi connectivity index (χ2n) is 4.44. The summed E-state index contributed by atoms with van der Waals surface area (Å²) in [6.07, 6.45) is 7.88. The predicted molar refractivity (Wildman–Crippen MR) is 73.7 cm³/mol. The molecule has 4 nitrogen and oxygen atoms in total. The van der Waals surface area contributed by atoms with Crippen LogP contribution in [0.5, 0.6) is 0 Å². The molecule has 4 heteroatoms. The van der Waals surface area contributed by atoms with Crippen LogP contribution in [-0.4, -0.2) is 21.1 Å². The van der Waals surface area contributed by atoms with E-state index in [1.807, 2.05) is 19.2 Å². The molecule has 0 unspecified atom stereocenters. The standard InChI is InChI=1S/C14H20N4/c1-3-9-18-11-12(2)17-14(18)16-8-6-13-5-4-7-15-10-13/h4-5,7,10-11H,3,6,8-9H2,1-2H3,(H,16,17). The first-order valence-corrected chi connectivity index (χ1v) is 6.46. The Morgan fingerprint density at radius 3 is 3.00 bits per heavy atom. The number of imidazole rings is 1. The highest BCUT2D eigenvalue weighted by Crippen LogP contribution is 2.09. The summed E-state index contributed by atoms with van der Waals surface area (Å²) in [5, 5.41) is 3.39. The molecule has 2 heterocycles. The molecule has 0 aliphatic carbocycles. The van der Waals surface area contributed by atoms with Crippen molar-refractivity contribution in [3.05, 3.63) is 42.0 Å². The van der Waals surface area contributed by atoms with Crippen molar-refractivity contribution in [1.82, 2.24) is 14.5 Å². The molecule has 0 aliphatic heterocycles. The third kappa shape index (κ3) is 3.32. The monoisotopic (exact) mass is 244 g/mol. The molecule has 0 saturated carbocycles. The number of rotatable bonds is 6. The minimum Gasteiger partial charge on any atom is -0.355 e. The van der Waals surface area contributed by atoms with Gasteiger partial charge in [-0.3, -0.25) is 4.98 Å². The molecule has 0 saturated heterocycles. The van der Waals surface area contributed by atoms with Crippen molar-refractivity contribution >= 4 is 5.95 Å². The molecule has 0 amide bonds. The molecule has 2 aromatic heterocycles. The van der Waals surface area contributed by atoms with Crippen LogP contribution in [0.4, 0.5) is 5.95 Å². The molecule has 0 fully saturated rings. The van der Waals surface area contributed by atoms with E-state index in [4.69, 9.17) is 0 Å². The van der Waals surface area contributed by atoms with Crippen molar-refractivity contribution in [2.45, 2.75) is 33.2 Å². The molecular weight excluding hydrogens is 224 g/mol. The minimum atomic E-state index is 0.881. The molecular formula is C14H20N4. The summed E-state index contributed by atoms with van der Waals surface area (Å²) in [7, 11) is 0. The smallest absolute Gasteiger partial charge is 0.203 e. The molecule has 0 aromatic carbocycles. The molecule has 0 spiro atoms. The van der Waals surface area contributed by atoms with Gasteiger partial charge in [0.15, 0.2) is 0 Å². The second kappa shape index (κ2) is 6.19. The number of anilines is 1. The molecule has 2 aromatic rings. The first kappa shape index (κ1) is 12.6. The molecule has 0 atom stereocenters. The minimum absolute atomic E-state index is 0.881. The summed E-state index contributed by atoms with van der Waals surface area (Å²) < 4.78 is 2.18. The van der Waals surface area contributed by atoms with E-state index in [1.54, 1.807) is 6.20 Å². The van der Waals surface area contributed by atoms with Gasteiger partial charge in [0, 0.05) is 31.7 Å². The van der Waals surface area contributed by atoms with Gasteiger partial charge in [-0.15, -0.1) is 0 Å². The number of hydrogen-bond acceptors (Lipinski definition) is 3. The lowest BCUT2D eigenvalue weighted by atomic mass is 10.2. The number of pyridine rings is 1. The normalized spacial score (nSPS) is 10.6. The SMILES string of the molecule is CCCn1cc(C)nc1NCCc1cccnc1. The Kier molecular flexibility index (Phi) is 4.34. The van der Waals surface area contributed by atoms with Crippen LogP contribution >= 0.6 is 0 Å². The molecule has 0 radical (unpaired) electrons. The Balaban J connectivity index is 1.90. The first-order chi connectivity index (χ1) is 8.79. The molecule has 0 aliphatic rings. The van der Waals surface area contributed by atoms with E-state index in [0.717, 1.165) is 37.6 Å². The van der Waals surface area contributed by atoms with Gasteiger partial charge in [0.2, 0.25) is 5.95 Å². The maximum Gasteiger partial charge on any atom is 0.203 e. The van der Waals surface area contributed by atoms with Crippen LogP contribution in [0, 0.1) is 6.92 Å². The highest BCUT2D eigenvalue weighted by molar-refractivity contribution is 5.29. The zero-order valence-corrected chi connectivity index (χ0v) is 11.1. The molecule has 2 rings (SSSR count). The van der Waals surface area contributed by atoms with E-state index in [1.165, 1.54) is 5.56 Å². The number of aryl methyl sites for hydroxylation is 2. The van der Waals surface area contributed by atoms with Crippen molar-refractivity contribution in [3.63, 3.8) is 0 Å². The largest absolute Gasteiger partial charge is 0.355 e.